The van der Waals surface area contributed by atoms with Crippen molar-refractivity contribution in [2.75, 3.05) is 18.0 Å². The predicted octanol–water partition coefficient (Wildman–Crippen LogP) is 4.74. The number of aromatic nitrogens is 5. The molecule has 1 aliphatic heterocycles. The van der Waals surface area contributed by atoms with Crippen molar-refractivity contribution < 1.29 is 4.79 Å². The van der Waals surface area contributed by atoms with Crippen LogP contribution in [-0.2, 0) is 4.79 Å². The molecule has 0 unspecified atom stereocenters. The van der Waals surface area contributed by atoms with Gasteiger partial charge in [0.15, 0.2) is 5.65 Å². The van der Waals surface area contributed by atoms with Crippen molar-refractivity contribution in [1.29, 1.82) is 0 Å². The summed E-state index contributed by atoms with van der Waals surface area (Å²) in [5.74, 6) is 0.337. The van der Waals surface area contributed by atoms with E-state index < -0.39 is 5.69 Å². The first-order valence-corrected chi connectivity index (χ1v) is 13.0. The summed E-state index contributed by atoms with van der Waals surface area (Å²) in [6.07, 6.45) is 2.84. The van der Waals surface area contributed by atoms with Crippen LogP contribution in [0.5, 0.6) is 0 Å². The molecule has 3 aromatic rings. The standard InChI is InChI=1S/C26H31Cl2N7O2/c1-8-19(36)33-10-16(7)34(11-15(33)6)24-17-9-18(27)23(28)31-25(17)35(26(37)32-24)22-20(13(2)3)29-12-30-21(22)14(4)5/h8-9,12-16H,1,10-11H2,2-7H3/t15-,16+/m1/s1. The monoisotopic (exact) mass is 543 g/mol. The van der Waals surface area contributed by atoms with E-state index in [1.54, 1.807) is 11.0 Å². The third kappa shape index (κ3) is 4.82. The van der Waals surface area contributed by atoms with E-state index in [0.29, 0.717) is 47.0 Å². The molecule has 11 heteroatoms. The lowest BCUT2D eigenvalue weighted by Gasteiger charge is -2.44. The molecule has 4 heterocycles. The van der Waals surface area contributed by atoms with Crippen LogP contribution in [0, 0.1) is 0 Å². The SMILES string of the molecule is C=CC(=O)N1C[C@H](C)N(c2nc(=O)n(-c3c(C(C)C)ncnc3C(C)C)c3nc(Cl)c(Cl)cc23)C[C@H]1C. The number of hydrogen-bond donors (Lipinski definition) is 0. The molecule has 0 spiro atoms. The number of rotatable bonds is 5. The first kappa shape index (κ1) is 27.0. The number of fused-ring (bicyclic) bond motifs is 1. The van der Waals surface area contributed by atoms with E-state index in [1.807, 2.05) is 46.4 Å². The van der Waals surface area contributed by atoms with Crippen molar-refractivity contribution in [3.05, 3.63) is 57.1 Å². The van der Waals surface area contributed by atoms with Gasteiger partial charge in [-0.3, -0.25) is 4.79 Å². The lowest BCUT2D eigenvalue weighted by molar-refractivity contribution is -0.128. The van der Waals surface area contributed by atoms with Crippen molar-refractivity contribution in [2.45, 2.75) is 65.5 Å². The number of carbonyl (C=O) groups excluding carboxylic acids is 1. The Morgan fingerprint density at radius 2 is 1.68 bits per heavy atom. The first-order valence-electron chi connectivity index (χ1n) is 12.3. The highest BCUT2D eigenvalue weighted by molar-refractivity contribution is 6.41. The average Bonchev–Trinajstić information content (AvgIpc) is 2.85. The van der Waals surface area contributed by atoms with E-state index in [1.165, 1.54) is 17.0 Å². The molecule has 1 amide bonds. The summed E-state index contributed by atoms with van der Waals surface area (Å²) < 4.78 is 1.46. The maximum atomic E-state index is 13.8. The second-order valence-electron chi connectivity index (χ2n) is 10.0. The minimum absolute atomic E-state index is 0.0104. The van der Waals surface area contributed by atoms with Crippen LogP contribution in [0.2, 0.25) is 10.2 Å². The highest BCUT2D eigenvalue weighted by Crippen LogP contribution is 2.35. The molecule has 37 heavy (non-hydrogen) atoms. The molecule has 0 aromatic carbocycles. The average molecular weight is 544 g/mol. The highest BCUT2D eigenvalue weighted by atomic mass is 35.5. The van der Waals surface area contributed by atoms with Crippen LogP contribution >= 0.6 is 23.2 Å². The summed E-state index contributed by atoms with van der Waals surface area (Å²) in [6.45, 7) is 16.5. The second-order valence-corrected chi connectivity index (χ2v) is 10.8. The summed E-state index contributed by atoms with van der Waals surface area (Å²) >= 11 is 12.8. The van der Waals surface area contributed by atoms with Crippen molar-refractivity contribution in [2.24, 2.45) is 0 Å². The summed E-state index contributed by atoms with van der Waals surface area (Å²) in [6, 6.07) is 1.44. The maximum Gasteiger partial charge on any atom is 0.355 e. The molecule has 2 atom stereocenters. The quantitative estimate of drug-likeness (QED) is 0.338. The van der Waals surface area contributed by atoms with Gasteiger partial charge in [-0.05, 0) is 37.8 Å². The van der Waals surface area contributed by atoms with Crippen LogP contribution in [0.1, 0.15) is 64.8 Å². The third-order valence-corrected chi connectivity index (χ3v) is 7.34. The molecule has 0 bridgehead atoms. The Kier molecular flexibility index (Phi) is 7.57. The van der Waals surface area contributed by atoms with Gasteiger partial charge in [-0.2, -0.15) is 4.98 Å². The van der Waals surface area contributed by atoms with Gasteiger partial charge in [0.1, 0.15) is 17.3 Å². The zero-order chi connectivity index (χ0) is 27.2. The van der Waals surface area contributed by atoms with E-state index >= 15 is 0 Å². The van der Waals surface area contributed by atoms with Gasteiger partial charge in [0.2, 0.25) is 5.91 Å². The van der Waals surface area contributed by atoms with Gasteiger partial charge in [0.05, 0.1) is 27.5 Å². The first-order chi connectivity index (χ1) is 17.5. The number of pyridine rings is 1. The van der Waals surface area contributed by atoms with Gasteiger partial charge >= 0.3 is 5.69 Å². The molecule has 196 valence electrons. The molecular weight excluding hydrogens is 513 g/mol. The van der Waals surface area contributed by atoms with E-state index in [-0.39, 0.29) is 40.0 Å². The van der Waals surface area contributed by atoms with Crippen molar-refractivity contribution in [3.63, 3.8) is 0 Å². The van der Waals surface area contributed by atoms with E-state index in [9.17, 15) is 9.59 Å². The van der Waals surface area contributed by atoms with Gasteiger partial charge in [0, 0.05) is 25.2 Å². The van der Waals surface area contributed by atoms with Crippen molar-refractivity contribution in [3.8, 4) is 5.69 Å². The zero-order valence-corrected chi connectivity index (χ0v) is 23.4. The molecule has 0 saturated carbocycles. The number of hydrogen-bond acceptors (Lipinski definition) is 7. The topological polar surface area (TPSA) is 97.1 Å². The zero-order valence-electron chi connectivity index (χ0n) is 21.9. The number of halogens is 2. The largest absolute Gasteiger partial charge is 0.355 e. The van der Waals surface area contributed by atoms with E-state index in [4.69, 9.17) is 23.2 Å². The third-order valence-electron chi connectivity index (χ3n) is 6.67. The fourth-order valence-corrected chi connectivity index (χ4v) is 5.12. The summed E-state index contributed by atoms with van der Waals surface area (Å²) in [4.78, 5) is 48.1. The van der Waals surface area contributed by atoms with E-state index in [2.05, 4.69) is 26.5 Å². The van der Waals surface area contributed by atoms with Crippen LogP contribution in [0.4, 0.5) is 5.82 Å². The Bertz CT molecular complexity index is 1410. The maximum absolute atomic E-state index is 13.8. The minimum Gasteiger partial charge on any atom is -0.349 e. The van der Waals surface area contributed by atoms with Crippen LogP contribution < -0.4 is 10.6 Å². The van der Waals surface area contributed by atoms with Crippen LogP contribution in [-0.4, -0.2) is 60.5 Å². The van der Waals surface area contributed by atoms with Crippen molar-refractivity contribution >= 4 is 46.0 Å². The normalized spacial score (nSPS) is 18.2. The Hall–Kier alpha value is -3.04. The molecule has 4 rings (SSSR count). The number of amides is 1. The summed E-state index contributed by atoms with van der Waals surface area (Å²) in [5.41, 5.74) is 1.80. The fourth-order valence-electron chi connectivity index (χ4n) is 4.83. The second kappa shape index (κ2) is 10.4. The lowest BCUT2D eigenvalue weighted by Crippen LogP contribution is -2.58. The number of anilines is 1. The van der Waals surface area contributed by atoms with Crippen LogP contribution in [0.15, 0.2) is 29.8 Å². The molecule has 0 aliphatic carbocycles. The fraction of sp³-hybridized carbons (Fsp3) is 0.462. The van der Waals surface area contributed by atoms with Gasteiger partial charge in [-0.25, -0.2) is 24.3 Å². The molecule has 1 aliphatic rings. The Balaban J connectivity index is 2.01. The van der Waals surface area contributed by atoms with Gasteiger partial charge in [-0.15, -0.1) is 0 Å². The van der Waals surface area contributed by atoms with Crippen molar-refractivity contribution in [1.82, 2.24) is 29.4 Å². The molecule has 1 fully saturated rings. The highest BCUT2D eigenvalue weighted by Gasteiger charge is 2.34. The molecular formula is C26H31Cl2N7O2. The Morgan fingerprint density at radius 1 is 1.05 bits per heavy atom. The van der Waals surface area contributed by atoms with Gasteiger partial charge in [0.25, 0.3) is 0 Å². The van der Waals surface area contributed by atoms with Gasteiger partial charge < -0.3 is 9.80 Å². The van der Waals surface area contributed by atoms with E-state index in [0.717, 1.165) is 0 Å². The molecule has 3 aromatic heterocycles. The number of nitrogens with zero attached hydrogens (tertiary/aromatic N) is 7. The lowest BCUT2D eigenvalue weighted by atomic mass is 10.0. The summed E-state index contributed by atoms with van der Waals surface area (Å²) in [5, 5.41) is 0.905. The molecule has 1 saturated heterocycles. The number of carbonyl (C=O) groups is 1. The smallest absolute Gasteiger partial charge is 0.349 e. The van der Waals surface area contributed by atoms with Crippen LogP contribution in [0.25, 0.3) is 16.7 Å². The minimum atomic E-state index is -0.517. The summed E-state index contributed by atoms with van der Waals surface area (Å²) in [7, 11) is 0. The van der Waals surface area contributed by atoms with Crippen LogP contribution in [0.3, 0.4) is 0 Å². The molecule has 9 nitrogen and oxygen atoms in total. The number of piperazine rings is 1. The Morgan fingerprint density at radius 3 is 2.24 bits per heavy atom. The predicted molar refractivity (Wildman–Crippen MR) is 147 cm³/mol. The molecule has 0 N–H and O–H groups in total. The van der Waals surface area contributed by atoms with Gasteiger partial charge in [-0.1, -0.05) is 57.5 Å². The Labute approximate surface area is 226 Å². The molecule has 0 radical (unpaired) electrons.